The molecule has 4 heteroatoms. The van der Waals surface area contributed by atoms with Crippen LogP contribution in [0.25, 0.3) is 0 Å². The predicted molar refractivity (Wildman–Crippen MR) is 71.2 cm³/mol. The van der Waals surface area contributed by atoms with Gasteiger partial charge in [-0.25, -0.2) is 0 Å². The number of methoxy groups -OCH3 is 1. The van der Waals surface area contributed by atoms with Crippen molar-refractivity contribution in [1.29, 1.82) is 0 Å². The fraction of sp³-hybridized carbons (Fsp3) is 0.500. The van der Waals surface area contributed by atoms with E-state index in [2.05, 4.69) is 12.2 Å². The first-order valence-corrected chi connectivity index (χ1v) is 6.03. The van der Waals surface area contributed by atoms with E-state index in [0.717, 1.165) is 16.9 Å². The lowest BCUT2D eigenvalue weighted by Gasteiger charge is -2.16. The van der Waals surface area contributed by atoms with Crippen LogP contribution in [0, 0.1) is 20.8 Å². The molecule has 0 aliphatic carbocycles. The zero-order chi connectivity index (χ0) is 13.7. The first-order chi connectivity index (χ1) is 8.47. The van der Waals surface area contributed by atoms with E-state index < -0.39 is 5.97 Å². The summed E-state index contributed by atoms with van der Waals surface area (Å²) in [5.41, 5.74) is 4.73. The lowest BCUT2D eigenvalue weighted by atomic mass is 9.97. The number of rotatable bonds is 6. The Kier molecular flexibility index (Phi) is 5.16. The fourth-order valence-electron chi connectivity index (χ4n) is 1.99. The Hall–Kier alpha value is -1.55. The van der Waals surface area contributed by atoms with Gasteiger partial charge in [0.1, 0.15) is 5.75 Å². The topological polar surface area (TPSA) is 58.6 Å². The molecule has 0 heterocycles. The highest BCUT2D eigenvalue weighted by Crippen LogP contribution is 2.27. The maximum absolute atomic E-state index is 10.4. The van der Waals surface area contributed by atoms with E-state index in [9.17, 15) is 4.79 Å². The molecule has 0 unspecified atom stereocenters. The summed E-state index contributed by atoms with van der Waals surface area (Å²) < 4.78 is 5.32. The number of hydrogen-bond acceptors (Lipinski definition) is 3. The van der Waals surface area contributed by atoms with Crippen molar-refractivity contribution in [2.24, 2.45) is 0 Å². The molecule has 0 saturated carbocycles. The molecule has 1 rings (SSSR count). The fourth-order valence-corrected chi connectivity index (χ4v) is 1.99. The van der Waals surface area contributed by atoms with E-state index in [1.54, 1.807) is 7.11 Å². The Morgan fingerprint density at radius 3 is 2.56 bits per heavy atom. The van der Waals surface area contributed by atoms with Crippen molar-refractivity contribution in [3.05, 3.63) is 28.3 Å². The van der Waals surface area contributed by atoms with Gasteiger partial charge in [-0.05, 0) is 49.1 Å². The van der Waals surface area contributed by atoms with Gasteiger partial charge >= 0.3 is 5.97 Å². The number of hydrogen-bond donors (Lipinski definition) is 2. The van der Waals surface area contributed by atoms with Crippen LogP contribution < -0.4 is 10.1 Å². The van der Waals surface area contributed by atoms with Crippen molar-refractivity contribution in [1.82, 2.24) is 5.32 Å². The van der Waals surface area contributed by atoms with Crippen molar-refractivity contribution >= 4 is 5.97 Å². The number of carbonyl (C=O) groups is 1. The van der Waals surface area contributed by atoms with Crippen LogP contribution >= 0.6 is 0 Å². The average molecular weight is 251 g/mol. The number of nitrogens with one attached hydrogen (secondary N) is 1. The summed E-state index contributed by atoms with van der Waals surface area (Å²) in [6, 6.07) is 2.02. The van der Waals surface area contributed by atoms with Crippen LogP contribution in [0.5, 0.6) is 5.75 Å². The van der Waals surface area contributed by atoms with Crippen LogP contribution in [-0.2, 0) is 11.3 Å². The number of benzene rings is 1. The summed E-state index contributed by atoms with van der Waals surface area (Å²) in [7, 11) is 1.67. The van der Waals surface area contributed by atoms with Gasteiger partial charge in [-0.2, -0.15) is 0 Å². The van der Waals surface area contributed by atoms with Gasteiger partial charge in [0.05, 0.1) is 13.5 Å². The summed E-state index contributed by atoms with van der Waals surface area (Å²) in [5.74, 6) is 0.126. The van der Waals surface area contributed by atoms with E-state index in [1.807, 2.05) is 19.9 Å². The maximum atomic E-state index is 10.4. The van der Waals surface area contributed by atoms with E-state index >= 15 is 0 Å². The van der Waals surface area contributed by atoms with E-state index in [0.29, 0.717) is 13.1 Å². The Morgan fingerprint density at radius 1 is 1.33 bits per heavy atom. The van der Waals surface area contributed by atoms with Crippen molar-refractivity contribution in [2.75, 3.05) is 13.7 Å². The standard InChI is InChI=1S/C14H21NO3/c1-9-7-13(18-4)11(3)10(2)12(9)8-15-6-5-14(16)17/h7,15H,5-6,8H2,1-4H3,(H,16,17). The highest BCUT2D eigenvalue weighted by atomic mass is 16.5. The first kappa shape index (κ1) is 14.5. The molecule has 2 N–H and O–H groups in total. The van der Waals surface area contributed by atoms with Crippen molar-refractivity contribution in [2.45, 2.75) is 33.7 Å². The van der Waals surface area contributed by atoms with Gasteiger partial charge in [0.25, 0.3) is 0 Å². The number of ether oxygens (including phenoxy) is 1. The lowest BCUT2D eigenvalue weighted by molar-refractivity contribution is -0.136. The van der Waals surface area contributed by atoms with Crippen molar-refractivity contribution in [3.8, 4) is 5.75 Å². The summed E-state index contributed by atoms with van der Waals surface area (Å²) in [5, 5.41) is 11.7. The summed E-state index contributed by atoms with van der Waals surface area (Å²) in [6.07, 6.45) is 0.146. The number of aliphatic carboxylic acids is 1. The SMILES string of the molecule is COc1cc(C)c(CNCCC(=O)O)c(C)c1C. The van der Waals surface area contributed by atoms with Gasteiger partial charge in [-0.3, -0.25) is 4.79 Å². The molecule has 4 nitrogen and oxygen atoms in total. The highest BCUT2D eigenvalue weighted by molar-refractivity contribution is 5.66. The molecule has 0 aromatic heterocycles. The maximum Gasteiger partial charge on any atom is 0.304 e. The normalized spacial score (nSPS) is 10.4. The Morgan fingerprint density at radius 2 is 2.00 bits per heavy atom. The van der Waals surface area contributed by atoms with Gasteiger partial charge in [-0.1, -0.05) is 0 Å². The molecule has 0 aliphatic heterocycles. The minimum Gasteiger partial charge on any atom is -0.496 e. The van der Waals surface area contributed by atoms with Gasteiger partial charge in [0.2, 0.25) is 0 Å². The number of carboxylic acid groups (broad SMARTS) is 1. The minimum atomic E-state index is -0.776. The molecule has 0 radical (unpaired) electrons. The monoisotopic (exact) mass is 251 g/mol. The molecule has 100 valence electrons. The third-order valence-corrected chi connectivity index (χ3v) is 3.25. The molecule has 0 amide bonds. The largest absolute Gasteiger partial charge is 0.496 e. The number of carboxylic acids is 1. The van der Waals surface area contributed by atoms with Gasteiger partial charge in [0.15, 0.2) is 0 Å². The quantitative estimate of drug-likeness (QED) is 0.761. The second-order valence-electron chi connectivity index (χ2n) is 4.44. The second-order valence-corrected chi connectivity index (χ2v) is 4.44. The van der Waals surface area contributed by atoms with Gasteiger partial charge in [-0.15, -0.1) is 0 Å². The molecular formula is C14H21NO3. The van der Waals surface area contributed by atoms with E-state index in [4.69, 9.17) is 9.84 Å². The van der Waals surface area contributed by atoms with Crippen LogP contribution in [-0.4, -0.2) is 24.7 Å². The second kappa shape index (κ2) is 6.40. The third kappa shape index (κ3) is 3.47. The molecule has 0 saturated heterocycles. The molecule has 18 heavy (non-hydrogen) atoms. The molecule has 0 aliphatic rings. The predicted octanol–water partition coefficient (Wildman–Crippen LogP) is 2.18. The zero-order valence-corrected chi connectivity index (χ0v) is 11.5. The molecule has 1 aromatic rings. The molecule has 0 atom stereocenters. The van der Waals surface area contributed by atoms with Crippen molar-refractivity contribution in [3.63, 3.8) is 0 Å². The lowest BCUT2D eigenvalue weighted by Crippen LogP contribution is -2.19. The van der Waals surface area contributed by atoms with Crippen molar-refractivity contribution < 1.29 is 14.6 Å². The Bertz CT molecular complexity index is 441. The van der Waals surface area contributed by atoms with Crippen LogP contribution in [0.15, 0.2) is 6.07 Å². The minimum absolute atomic E-state index is 0.146. The first-order valence-electron chi connectivity index (χ1n) is 6.03. The highest BCUT2D eigenvalue weighted by Gasteiger charge is 2.10. The molecular weight excluding hydrogens is 230 g/mol. The molecule has 0 spiro atoms. The van der Waals surface area contributed by atoms with E-state index in [-0.39, 0.29) is 6.42 Å². The average Bonchev–Trinajstić information content (AvgIpc) is 2.32. The molecule has 0 fully saturated rings. The number of aryl methyl sites for hydroxylation is 1. The van der Waals surface area contributed by atoms with Crippen LogP contribution in [0.2, 0.25) is 0 Å². The Balaban J connectivity index is 2.77. The van der Waals surface area contributed by atoms with Crippen LogP contribution in [0.4, 0.5) is 0 Å². The summed E-state index contributed by atoms with van der Waals surface area (Å²) in [6.45, 7) is 7.33. The van der Waals surface area contributed by atoms with Crippen LogP contribution in [0.1, 0.15) is 28.7 Å². The van der Waals surface area contributed by atoms with Gasteiger partial charge in [0, 0.05) is 13.1 Å². The zero-order valence-electron chi connectivity index (χ0n) is 11.5. The van der Waals surface area contributed by atoms with E-state index in [1.165, 1.54) is 11.1 Å². The van der Waals surface area contributed by atoms with Crippen LogP contribution in [0.3, 0.4) is 0 Å². The molecule has 1 aromatic carbocycles. The third-order valence-electron chi connectivity index (χ3n) is 3.25. The van der Waals surface area contributed by atoms with Gasteiger partial charge < -0.3 is 15.2 Å². The molecule has 0 bridgehead atoms. The smallest absolute Gasteiger partial charge is 0.304 e. The summed E-state index contributed by atoms with van der Waals surface area (Å²) >= 11 is 0. The summed E-state index contributed by atoms with van der Waals surface area (Å²) in [4.78, 5) is 10.4. The Labute approximate surface area is 108 Å².